The first-order chi connectivity index (χ1) is 11.1. The second-order valence-corrected chi connectivity index (χ2v) is 5.47. The smallest absolute Gasteiger partial charge is 0.417 e. The number of ether oxygens (including phenoxy) is 1. The number of hydrogen-bond acceptors (Lipinski definition) is 2. The molecule has 0 aliphatic rings. The summed E-state index contributed by atoms with van der Waals surface area (Å²) < 4.78 is 57.1. The third-order valence-electron chi connectivity index (χ3n) is 3.00. The fourth-order valence-corrected chi connectivity index (χ4v) is 2.28. The molecule has 3 nitrogen and oxygen atoms in total. The van der Waals surface area contributed by atoms with Gasteiger partial charge < -0.3 is 9.84 Å². The van der Waals surface area contributed by atoms with Crippen LogP contribution in [0, 0.1) is 5.82 Å². The minimum atomic E-state index is -4.65. The monoisotopic (exact) mass is 382 g/mol. The predicted molar refractivity (Wildman–Crippen MR) is 79.2 cm³/mol. The number of halogens is 6. The first kappa shape index (κ1) is 18.4. The zero-order valence-corrected chi connectivity index (χ0v) is 13.1. The molecular formula is C15H8Cl2F4O3. The summed E-state index contributed by atoms with van der Waals surface area (Å²) in [5, 5.41) is 8.21. The number of carbonyl (C=O) groups is 1. The van der Waals surface area contributed by atoms with Crippen LogP contribution in [-0.4, -0.2) is 11.1 Å². The van der Waals surface area contributed by atoms with Gasteiger partial charge in [-0.1, -0.05) is 23.2 Å². The lowest BCUT2D eigenvalue weighted by Crippen LogP contribution is -2.07. The highest BCUT2D eigenvalue weighted by Gasteiger charge is 2.33. The third-order valence-corrected chi connectivity index (χ3v) is 3.69. The van der Waals surface area contributed by atoms with E-state index in [1.54, 1.807) is 0 Å². The number of benzene rings is 2. The Hall–Kier alpha value is -1.99. The van der Waals surface area contributed by atoms with Crippen molar-refractivity contribution in [2.24, 2.45) is 0 Å². The number of carboxylic acids is 1. The summed E-state index contributed by atoms with van der Waals surface area (Å²) in [7, 11) is 0. The number of rotatable bonds is 4. The summed E-state index contributed by atoms with van der Waals surface area (Å²) in [6.07, 6.45) is -4.65. The molecule has 0 spiro atoms. The summed E-state index contributed by atoms with van der Waals surface area (Å²) in [5.74, 6) is -2.67. The van der Waals surface area contributed by atoms with E-state index < -0.39 is 34.1 Å². The van der Waals surface area contributed by atoms with Crippen LogP contribution in [0.15, 0.2) is 30.3 Å². The molecule has 2 rings (SSSR count). The molecule has 0 aliphatic heterocycles. The minimum absolute atomic E-state index is 0.0844. The molecule has 0 fully saturated rings. The Morgan fingerprint density at radius 3 is 2.38 bits per heavy atom. The van der Waals surface area contributed by atoms with Crippen molar-refractivity contribution in [2.75, 3.05) is 0 Å². The van der Waals surface area contributed by atoms with E-state index in [0.717, 1.165) is 18.2 Å². The van der Waals surface area contributed by atoms with Crippen LogP contribution in [0.4, 0.5) is 17.6 Å². The van der Waals surface area contributed by atoms with Gasteiger partial charge in [0.05, 0.1) is 16.1 Å². The van der Waals surface area contributed by atoms with Crippen LogP contribution in [0.1, 0.15) is 21.5 Å². The van der Waals surface area contributed by atoms with Gasteiger partial charge in [0.15, 0.2) is 0 Å². The van der Waals surface area contributed by atoms with Gasteiger partial charge in [0.1, 0.15) is 18.2 Å². The summed E-state index contributed by atoms with van der Waals surface area (Å²) >= 11 is 11.3. The maximum Gasteiger partial charge on any atom is 0.417 e. The molecule has 24 heavy (non-hydrogen) atoms. The Morgan fingerprint density at radius 2 is 1.79 bits per heavy atom. The van der Waals surface area contributed by atoms with Gasteiger partial charge in [0.2, 0.25) is 0 Å². The van der Waals surface area contributed by atoms with E-state index in [1.807, 2.05) is 0 Å². The van der Waals surface area contributed by atoms with E-state index in [2.05, 4.69) is 0 Å². The van der Waals surface area contributed by atoms with Gasteiger partial charge in [-0.2, -0.15) is 13.2 Å². The van der Waals surface area contributed by atoms with Crippen molar-refractivity contribution >= 4 is 29.2 Å². The highest BCUT2D eigenvalue weighted by atomic mass is 35.5. The van der Waals surface area contributed by atoms with Crippen molar-refractivity contribution in [1.29, 1.82) is 0 Å². The summed E-state index contributed by atoms with van der Waals surface area (Å²) in [6, 6.07) is 4.70. The lowest BCUT2D eigenvalue weighted by atomic mass is 10.1. The van der Waals surface area contributed by atoms with Gasteiger partial charge in [0, 0.05) is 10.6 Å². The van der Waals surface area contributed by atoms with Crippen molar-refractivity contribution in [2.45, 2.75) is 12.8 Å². The van der Waals surface area contributed by atoms with Crippen LogP contribution in [0.5, 0.6) is 5.75 Å². The van der Waals surface area contributed by atoms with Crippen LogP contribution in [0.2, 0.25) is 10.0 Å². The van der Waals surface area contributed by atoms with Crippen molar-refractivity contribution in [3.63, 3.8) is 0 Å². The molecule has 128 valence electrons. The quantitative estimate of drug-likeness (QED) is 0.717. The zero-order valence-electron chi connectivity index (χ0n) is 11.6. The Morgan fingerprint density at radius 1 is 1.12 bits per heavy atom. The Kier molecular flexibility index (Phi) is 5.25. The van der Waals surface area contributed by atoms with Crippen LogP contribution < -0.4 is 4.74 Å². The fraction of sp³-hybridized carbons (Fsp3) is 0.133. The molecule has 0 bridgehead atoms. The second-order valence-electron chi connectivity index (χ2n) is 4.66. The van der Waals surface area contributed by atoms with E-state index in [1.165, 1.54) is 6.07 Å². The van der Waals surface area contributed by atoms with Crippen LogP contribution in [-0.2, 0) is 12.8 Å². The lowest BCUT2D eigenvalue weighted by molar-refractivity contribution is -0.137. The van der Waals surface area contributed by atoms with Crippen molar-refractivity contribution in [3.8, 4) is 5.75 Å². The van der Waals surface area contributed by atoms with Gasteiger partial charge in [-0.05, 0) is 30.3 Å². The fourth-order valence-electron chi connectivity index (χ4n) is 1.84. The van der Waals surface area contributed by atoms with Crippen LogP contribution in [0.25, 0.3) is 0 Å². The molecule has 0 radical (unpaired) electrons. The topological polar surface area (TPSA) is 46.5 Å². The summed E-state index contributed by atoms with van der Waals surface area (Å²) in [6.45, 7) is -0.353. The molecule has 0 saturated carbocycles. The van der Waals surface area contributed by atoms with E-state index in [4.69, 9.17) is 33.0 Å². The second kappa shape index (κ2) is 6.86. The Labute approximate surface area is 143 Å². The SMILES string of the molecule is O=C(O)c1cc(Cl)c(COc2ccc(Cl)c(C(F)(F)F)c2)cc1F. The summed E-state index contributed by atoms with van der Waals surface area (Å²) in [5.41, 5.74) is -1.60. The average Bonchev–Trinajstić information content (AvgIpc) is 2.47. The van der Waals surface area contributed by atoms with Gasteiger partial charge in [-0.15, -0.1) is 0 Å². The van der Waals surface area contributed by atoms with Crippen molar-refractivity contribution in [1.82, 2.24) is 0 Å². The zero-order chi connectivity index (χ0) is 18.1. The average molecular weight is 383 g/mol. The highest BCUT2D eigenvalue weighted by molar-refractivity contribution is 6.32. The molecule has 1 N–H and O–H groups in total. The van der Waals surface area contributed by atoms with Crippen LogP contribution >= 0.6 is 23.2 Å². The van der Waals surface area contributed by atoms with E-state index >= 15 is 0 Å². The van der Waals surface area contributed by atoms with Gasteiger partial charge in [0.25, 0.3) is 0 Å². The Balaban J connectivity index is 2.23. The summed E-state index contributed by atoms with van der Waals surface area (Å²) in [4.78, 5) is 10.8. The maximum atomic E-state index is 13.6. The van der Waals surface area contributed by atoms with Crippen molar-refractivity contribution < 1.29 is 32.2 Å². The van der Waals surface area contributed by atoms with Gasteiger partial charge in [-0.25, -0.2) is 9.18 Å². The maximum absolute atomic E-state index is 13.6. The molecule has 0 saturated heterocycles. The first-order valence-electron chi connectivity index (χ1n) is 6.30. The number of alkyl halides is 3. The number of carboxylic acid groups (broad SMARTS) is 1. The highest BCUT2D eigenvalue weighted by Crippen LogP contribution is 2.37. The normalized spacial score (nSPS) is 11.4. The molecule has 2 aromatic carbocycles. The molecule has 0 aliphatic carbocycles. The molecule has 0 unspecified atom stereocenters. The number of hydrogen-bond donors (Lipinski definition) is 1. The molecule has 0 amide bonds. The van der Waals surface area contributed by atoms with E-state index in [9.17, 15) is 22.4 Å². The van der Waals surface area contributed by atoms with Gasteiger partial charge in [-0.3, -0.25) is 0 Å². The molecule has 0 heterocycles. The minimum Gasteiger partial charge on any atom is -0.489 e. The predicted octanol–water partition coefficient (Wildman–Crippen LogP) is 5.43. The van der Waals surface area contributed by atoms with E-state index in [0.29, 0.717) is 6.07 Å². The molecule has 0 atom stereocenters. The molecule has 2 aromatic rings. The molecule has 9 heteroatoms. The third kappa shape index (κ3) is 4.10. The number of aromatic carboxylic acids is 1. The van der Waals surface area contributed by atoms with Gasteiger partial charge >= 0.3 is 12.1 Å². The van der Waals surface area contributed by atoms with Crippen molar-refractivity contribution in [3.05, 3.63) is 62.9 Å². The first-order valence-corrected chi connectivity index (χ1v) is 7.06. The standard InChI is InChI=1S/C15H8Cl2F4O3/c16-11-2-1-8(4-10(11)15(19,20)21)24-6-7-3-13(18)9(14(22)23)5-12(7)17/h1-5H,6H2,(H,22,23). The molecule has 0 aromatic heterocycles. The lowest BCUT2D eigenvalue weighted by Gasteiger charge is -2.13. The largest absolute Gasteiger partial charge is 0.489 e. The van der Waals surface area contributed by atoms with E-state index in [-0.39, 0.29) is 22.9 Å². The Bertz CT molecular complexity index is 791. The molecular weight excluding hydrogens is 375 g/mol. The van der Waals surface area contributed by atoms with Crippen LogP contribution in [0.3, 0.4) is 0 Å².